The molecule has 0 saturated heterocycles. The molecule has 212 valence electrons. The Morgan fingerprint density at radius 2 is 1.81 bits per heavy atom. The quantitative estimate of drug-likeness (QED) is 0.139. The lowest BCUT2D eigenvalue weighted by atomic mass is 9.99. The summed E-state index contributed by atoms with van der Waals surface area (Å²) in [5, 5.41) is 35.3. The van der Waals surface area contributed by atoms with Crippen molar-refractivity contribution in [3.05, 3.63) is 112 Å². The number of aliphatic imine (C=N–C) groups is 1. The number of rotatable bonds is 11. The van der Waals surface area contributed by atoms with Crippen LogP contribution in [0.25, 0.3) is 5.70 Å². The number of hydrogen-bond acceptors (Lipinski definition) is 7. The molecule has 3 aromatic carbocycles. The first-order chi connectivity index (χ1) is 20.2. The highest BCUT2D eigenvalue weighted by Crippen LogP contribution is 2.39. The van der Waals surface area contributed by atoms with Crippen LogP contribution in [0.4, 0.5) is 15.8 Å². The summed E-state index contributed by atoms with van der Waals surface area (Å²) >= 11 is 6.74. The van der Waals surface area contributed by atoms with Crippen molar-refractivity contribution in [1.82, 2.24) is 20.3 Å². The predicted octanol–water partition coefficient (Wildman–Crippen LogP) is 7.68. The van der Waals surface area contributed by atoms with Gasteiger partial charge in [-0.25, -0.2) is 9.07 Å². The second-order valence-corrected chi connectivity index (χ2v) is 10.3. The lowest BCUT2D eigenvalue weighted by Crippen LogP contribution is -2.21. The van der Waals surface area contributed by atoms with Crippen LogP contribution >= 0.6 is 11.6 Å². The van der Waals surface area contributed by atoms with Gasteiger partial charge in [0.15, 0.2) is 0 Å². The van der Waals surface area contributed by atoms with Crippen LogP contribution in [0.2, 0.25) is 5.02 Å². The van der Waals surface area contributed by atoms with Gasteiger partial charge in [0.1, 0.15) is 11.5 Å². The molecule has 1 heterocycles. The second kappa shape index (κ2) is 13.6. The number of nitrogens with zero attached hydrogens (tertiary/aromatic N) is 6. The van der Waals surface area contributed by atoms with Gasteiger partial charge in [-0.15, -0.1) is 5.10 Å². The van der Waals surface area contributed by atoms with Crippen molar-refractivity contribution >= 4 is 35.4 Å². The molecule has 4 rings (SSSR count). The first kappa shape index (κ1) is 30.0. The molecule has 0 aliphatic heterocycles. The maximum Gasteiger partial charge on any atom is 0.123 e. The van der Waals surface area contributed by atoms with Gasteiger partial charge in [-0.1, -0.05) is 59.3 Å². The molecule has 42 heavy (non-hydrogen) atoms. The minimum absolute atomic E-state index is 0.0952. The van der Waals surface area contributed by atoms with E-state index in [1.165, 1.54) is 12.1 Å². The number of nitriles is 2. The normalized spacial score (nSPS) is 13.0. The van der Waals surface area contributed by atoms with E-state index in [9.17, 15) is 14.9 Å². The Morgan fingerprint density at radius 1 is 1.10 bits per heavy atom. The first-order valence-electron chi connectivity index (χ1n) is 13.3. The van der Waals surface area contributed by atoms with E-state index in [1.54, 1.807) is 29.8 Å². The van der Waals surface area contributed by atoms with Crippen molar-refractivity contribution in [3.8, 4) is 12.1 Å². The zero-order valence-corrected chi connectivity index (χ0v) is 24.3. The third kappa shape index (κ3) is 6.83. The van der Waals surface area contributed by atoms with Gasteiger partial charge in [0, 0.05) is 17.3 Å². The van der Waals surface area contributed by atoms with Gasteiger partial charge in [0.05, 0.1) is 58.8 Å². The fraction of sp³-hybridized carbons (Fsp3) is 0.219. The summed E-state index contributed by atoms with van der Waals surface area (Å²) in [5.74, 6) is -0.353. The summed E-state index contributed by atoms with van der Waals surface area (Å²) < 4.78 is 15.6. The average molecular weight is 581 g/mol. The molecule has 0 saturated carbocycles. The van der Waals surface area contributed by atoms with E-state index in [1.807, 2.05) is 56.4 Å². The SMILES string of the molecule is C=Nc1c(Cl)cc(N[C@@H](c2ccc(F)cc2)c2cn(C(C)C)nn2)cc1/C(N[C@H](CC#N)c1ccccc1)=C(\C)C#N. The highest BCUT2D eigenvalue weighted by molar-refractivity contribution is 6.33. The van der Waals surface area contributed by atoms with Gasteiger partial charge >= 0.3 is 0 Å². The zero-order chi connectivity index (χ0) is 30.2. The smallest absolute Gasteiger partial charge is 0.123 e. The van der Waals surface area contributed by atoms with E-state index >= 15 is 0 Å². The van der Waals surface area contributed by atoms with E-state index in [-0.39, 0.29) is 18.3 Å². The van der Waals surface area contributed by atoms with Crippen LogP contribution in [0.5, 0.6) is 0 Å². The first-order valence-corrected chi connectivity index (χ1v) is 13.7. The Balaban J connectivity index is 1.82. The Labute approximate surface area is 249 Å². The Hall–Kier alpha value is -4.99. The molecule has 0 aliphatic rings. The third-order valence-corrected chi connectivity index (χ3v) is 7.00. The molecule has 4 aromatic rings. The standard InChI is InChI=1S/C32H30ClFN8/c1-20(2)42-19-29(40-41-42)31(23-10-12-24(34)13-11-23)38-25-16-26(32(37-4)27(33)17-25)30(21(3)18-36)39-28(14-15-35)22-8-6-5-7-9-22/h5-13,16-17,19-20,28,31,38-39H,4,14H2,1-3H3/b30-21-/t28-,31+/m1/s1. The minimum Gasteiger partial charge on any atom is -0.376 e. The van der Waals surface area contributed by atoms with E-state index in [0.29, 0.717) is 38.9 Å². The predicted molar refractivity (Wildman–Crippen MR) is 164 cm³/mol. The zero-order valence-electron chi connectivity index (χ0n) is 23.5. The average Bonchev–Trinajstić information content (AvgIpc) is 3.49. The Morgan fingerprint density at radius 3 is 2.40 bits per heavy atom. The number of aromatic nitrogens is 3. The number of hydrogen-bond donors (Lipinski definition) is 2. The number of anilines is 1. The molecule has 0 unspecified atom stereocenters. The van der Waals surface area contributed by atoms with Crippen LogP contribution in [0.1, 0.15) is 67.7 Å². The number of benzene rings is 3. The van der Waals surface area contributed by atoms with Gasteiger partial charge in [0.25, 0.3) is 0 Å². The van der Waals surface area contributed by atoms with E-state index < -0.39 is 12.1 Å². The molecule has 0 amide bonds. The Bertz CT molecular complexity index is 1660. The number of halogens is 2. The van der Waals surface area contributed by atoms with Crippen molar-refractivity contribution in [2.75, 3.05) is 5.32 Å². The van der Waals surface area contributed by atoms with Gasteiger partial charge in [0.2, 0.25) is 0 Å². The monoisotopic (exact) mass is 580 g/mol. The van der Waals surface area contributed by atoms with Crippen LogP contribution in [0.15, 0.2) is 83.5 Å². The molecule has 10 heteroatoms. The summed E-state index contributed by atoms with van der Waals surface area (Å²) in [6.45, 7) is 9.39. The summed E-state index contributed by atoms with van der Waals surface area (Å²) in [4.78, 5) is 4.18. The van der Waals surface area contributed by atoms with Crippen LogP contribution in [0.3, 0.4) is 0 Å². The molecule has 0 aliphatic carbocycles. The molecule has 2 N–H and O–H groups in total. The van der Waals surface area contributed by atoms with Crippen molar-refractivity contribution in [2.45, 2.75) is 45.3 Å². The third-order valence-electron chi connectivity index (χ3n) is 6.72. The maximum absolute atomic E-state index is 13.8. The maximum atomic E-state index is 13.8. The fourth-order valence-corrected chi connectivity index (χ4v) is 4.78. The van der Waals surface area contributed by atoms with Crippen LogP contribution in [0, 0.1) is 28.5 Å². The van der Waals surface area contributed by atoms with Crippen LogP contribution < -0.4 is 10.6 Å². The second-order valence-electron chi connectivity index (χ2n) is 9.94. The van der Waals surface area contributed by atoms with Crippen molar-refractivity contribution < 1.29 is 4.39 Å². The summed E-state index contributed by atoms with van der Waals surface area (Å²) in [7, 11) is 0. The lowest BCUT2D eigenvalue weighted by Gasteiger charge is -2.24. The molecule has 1 aromatic heterocycles. The number of allylic oxidation sites excluding steroid dienone is 1. The lowest BCUT2D eigenvalue weighted by molar-refractivity contribution is 0.514. The van der Waals surface area contributed by atoms with Gasteiger partial charge in [-0.3, -0.25) is 4.99 Å². The summed E-state index contributed by atoms with van der Waals surface area (Å²) in [6, 6.07) is 22.8. The van der Waals surface area contributed by atoms with Gasteiger partial charge < -0.3 is 10.6 Å². The Kier molecular flexibility index (Phi) is 9.69. The molecular formula is C32H30ClFN8. The molecule has 8 nitrogen and oxygen atoms in total. The topological polar surface area (TPSA) is 115 Å². The fourth-order valence-electron chi connectivity index (χ4n) is 4.51. The molecule has 0 radical (unpaired) electrons. The number of nitrogens with one attached hydrogen (secondary N) is 2. The van der Waals surface area contributed by atoms with E-state index in [4.69, 9.17) is 11.6 Å². The summed E-state index contributed by atoms with van der Waals surface area (Å²) in [5.41, 5.74) is 4.63. The minimum atomic E-state index is -0.502. The van der Waals surface area contributed by atoms with Crippen molar-refractivity contribution in [1.29, 1.82) is 10.5 Å². The molecular weight excluding hydrogens is 551 g/mol. The van der Waals surface area contributed by atoms with Gasteiger partial charge in [-0.2, -0.15) is 10.5 Å². The highest BCUT2D eigenvalue weighted by Gasteiger charge is 2.23. The van der Waals surface area contributed by atoms with Crippen LogP contribution in [-0.4, -0.2) is 21.7 Å². The van der Waals surface area contributed by atoms with E-state index in [0.717, 1.165) is 11.1 Å². The molecule has 0 fully saturated rings. The van der Waals surface area contributed by atoms with Crippen molar-refractivity contribution in [2.24, 2.45) is 4.99 Å². The molecule has 0 bridgehead atoms. The van der Waals surface area contributed by atoms with Crippen molar-refractivity contribution in [3.63, 3.8) is 0 Å². The largest absolute Gasteiger partial charge is 0.376 e. The molecule has 2 atom stereocenters. The van der Waals surface area contributed by atoms with Gasteiger partial charge in [-0.05, 0) is 62.9 Å². The van der Waals surface area contributed by atoms with Crippen LogP contribution in [-0.2, 0) is 0 Å². The molecule has 0 spiro atoms. The summed E-state index contributed by atoms with van der Waals surface area (Å²) in [6.07, 6.45) is 2.00. The highest BCUT2D eigenvalue weighted by atomic mass is 35.5. The van der Waals surface area contributed by atoms with E-state index in [2.05, 4.69) is 44.8 Å².